The molecule has 210 valence electrons. The number of hydrogen-bond donors (Lipinski definition) is 3. The number of carbonyl (C=O) groups is 2. The van der Waals surface area contributed by atoms with Crippen molar-refractivity contribution >= 4 is 27.6 Å². The van der Waals surface area contributed by atoms with Crippen LogP contribution in [0.1, 0.15) is 51.0 Å². The minimum atomic E-state index is -4.11. The number of ether oxygens (including phenoxy) is 1. The summed E-state index contributed by atoms with van der Waals surface area (Å²) in [5.74, 6) is -0.0253. The molecule has 12 heteroatoms. The van der Waals surface area contributed by atoms with E-state index in [0.29, 0.717) is 38.0 Å². The fourth-order valence-corrected chi connectivity index (χ4v) is 7.29. The largest absolute Gasteiger partial charge is 0.492 e. The Kier molecular flexibility index (Phi) is 7.53. The van der Waals surface area contributed by atoms with E-state index in [4.69, 9.17) is 4.74 Å². The summed E-state index contributed by atoms with van der Waals surface area (Å²) in [6.45, 7) is 4.86. The SMILES string of the molecule is CC(C)c1ccc2c(c1)OCCC1(CCN(C(=O)Nc3cccnc3)CC1)NC(=O)[C@@H]1C[C@@H](O)CN1S2(=O)=O. The molecule has 39 heavy (non-hydrogen) atoms. The summed E-state index contributed by atoms with van der Waals surface area (Å²) in [7, 11) is -4.11. The van der Waals surface area contributed by atoms with E-state index in [-0.39, 0.29) is 42.2 Å². The molecule has 3 amide bonds. The molecule has 11 nitrogen and oxygen atoms in total. The fraction of sp³-hybridized carbons (Fsp3) is 0.519. The zero-order valence-corrected chi connectivity index (χ0v) is 23.0. The summed E-state index contributed by atoms with van der Waals surface area (Å²) in [6, 6.07) is 7.27. The van der Waals surface area contributed by atoms with Crippen molar-refractivity contribution in [2.24, 2.45) is 0 Å². The first-order valence-electron chi connectivity index (χ1n) is 13.3. The molecule has 0 aliphatic carbocycles. The molecule has 1 aromatic heterocycles. The summed E-state index contributed by atoms with van der Waals surface area (Å²) in [4.78, 5) is 32.1. The minimum Gasteiger partial charge on any atom is -0.492 e. The molecule has 3 aliphatic heterocycles. The number of rotatable bonds is 2. The predicted molar refractivity (Wildman–Crippen MR) is 144 cm³/mol. The summed E-state index contributed by atoms with van der Waals surface area (Å²) in [5, 5.41) is 16.4. The molecule has 2 aromatic rings. The lowest BCUT2D eigenvalue weighted by atomic mass is 9.84. The van der Waals surface area contributed by atoms with Gasteiger partial charge in [0.2, 0.25) is 15.9 Å². The van der Waals surface area contributed by atoms with E-state index in [2.05, 4.69) is 15.6 Å². The molecule has 2 saturated heterocycles. The van der Waals surface area contributed by atoms with Gasteiger partial charge in [-0.1, -0.05) is 19.9 Å². The molecule has 0 bridgehead atoms. The van der Waals surface area contributed by atoms with E-state index in [0.717, 1.165) is 9.87 Å². The second kappa shape index (κ2) is 10.7. The van der Waals surface area contributed by atoms with Crippen LogP contribution in [0.4, 0.5) is 10.5 Å². The molecule has 1 aromatic carbocycles. The number of amides is 3. The smallest absolute Gasteiger partial charge is 0.321 e. The van der Waals surface area contributed by atoms with Gasteiger partial charge >= 0.3 is 6.03 Å². The zero-order valence-electron chi connectivity index (χ0n) is 22.2. The van der Waals surface area contributed by atoms with Crippen LogP contribution in [0.3, 0.4) is 0 Å². The molecule has 0 radical (unpaired) electrons. The first-order chi connectivity index (χ1) is 18.6. The van der Waals surface area contributed by atoms with Crippen molar-refractivity contribution in [1.29, 1.82) is 0 Å². The van der Waals surface area contributed by atoms with Crippen molar-refractivity contribution in [3.8, 4) is 5.75 Å². The highest BCUT2D eigenvalue weighted by atomic mass is 32.2. The van der Waals surface area contributed by atoms with E-state index >= 15 is 0 Å². The molecular formula is C27H35N5O6S. The van der Waals surface area contributed by atoms with Gasteiger partial charge in [0, 0.05) is 44.2 Å². The lowest BCUT2D eigenvalue weighted by Crippen LogP contribution is -2.60. The third-order valence-electron chi connectivity index (χ3n) is 7.90. The normalized spacial score (nSPS) is 24.7. The molecule has 2 fully saturated rings. The number of nitrogens with zero attached hydrogens (tertiary/aromatic N) is 3. The highest BCUT2D eigenvalue weighted by molar-refractivity contribution is 7.89. The van der Waals surface area contributed by atoms with Gasteiger partial charge in [0.05, 0.1) is 24.6 Å². The number of likely N-dealkylation sites (tertiary alicyclic amines) is 1. The number of aliphatic hydroxyl groups excluding tert-OH is 1. The number of pyridine rings is 1. The van der Waals surface area contributed by atoms with E-state index in [1.165, 1.54) is 6.07 Å². The number of aliphatic hydroxyl groups is 1. The summed E-state index contributed by atoms with van der Waals surface area (Å²) < 4.78 is 34.7. The molecule has 4 heterocycles. The second-order valence-electron chi connectivity index (χ2n) is 10.9. The van der Waals surface area contributed by atoms with Gasteiger partial charge in [-0.3, -0.25) is 9.78 Å². The number of piperidine rings is 1. The summed E-state index contributed by atoms with van der Waals surface area (Å²) >= 11 is 0. The van der Waals surface area contributed by atoms with Crippen LogP contribution in [0.2, 0.25) is 0 Å². The average Bonchev–Trinajstić information content (AvgIpc) is 3.31. The Balaban J connectivity index is 1.41. The van der Waals surface area contributed by atoms with E-state index in [1.807, 2.05) is 13.8 Å². The molecule has 3 N–H and O–H groups in total. The number of nitrogens with one attached hydrogen (secondary N) is 2. The standard InChI is InChI=1S/C27H35N5O6S/c1-18(2)19-5-6-24-23(14-19)38-13-9-27(30-25(34)22-15-21(33)17-32(22)39(24,36)37)7-11-31(12-8-27)26(35)29-20-4-3-10-28-16-20/h3-6,10,14,16,18,21-22,33H,7-9,11-13,15,17H2,1-2H3,(H,29,35)(H,30,34)/t21-,22+/m1/s1. The quantitative estimate of drug-likeness (QED) is 0.515. The third-order valence-corrected chi connectivity index (χ3v) is 9.82. The van der Waals surface area contributed by atoms with Gasteiger partial charge in [0.25, 0.3) is 0 Å². The van der Waals surface area contributed by atoms with Gasteiger partial charge in [-0.2, -0.15) is 4.31 Å². The Labute approximate surface area is 228 Å². The monoisotopic (exact) mass is 557 g/mol. The van der Waals surface area contributed by atoms with Crippen LogP contribution in [0.5, 0.6) is 5.75 Å². The molecule has 0 unspecified atom stereocenters. The first-order valence-corrected chi connectivity index (χ1v) is 14.8. The van der Waals surface area contributed by atoms with Gasteiger partial charge in [0.15, 0.2) is 0 Å². The maximum absolute atomic E-state index is 13.7. The Bertz CT molecular complexity index is 1330. The number of hydrogen-bond acceptors (Lipinski definition) is 7. The van der Waals surface area contributed by atoms with Gasteiger partial charge < -0.3 is 25.4 Å². The Hall–Kier alpha value is -3.22. The lowest BCUT2D eigenvalue weighted by molar-refractivity contribution is -0.127. The van der Waals surface area contributed by atoms with Crippen LogP contribution in [0.25, 0.3) is 0 Å². The van der Waals surface area contributed by atoms with Gasteiger partial charge in [-0.15, -0.1) is 0 Å². The van der Waals surface area contributed by atoms with Crippen molar-refractivity contribution in [2.45, 2.75) is 68.0 Å². The number of fused-ring (bicyclic) bond motifs is 2. The number of anilines is 1. The number of carbonyl (C=O) groups excluding carboxylic acids is 2. The minimum absolute atomic E-state index is 0.00311. The predicted octanol–water partition coefficient (Wildman–Crippen LogP) is 2.29. The topological polar surface area (TPSA) is 141 Å². The number of urea groups is 1. The van der Waals surface area contributed by atoms with Crippen molar-refractivity contribution in [3.05, 3.63) is 48.3 Å². The van der Waals surface area contributed by atoms with E-state index < -0.39 is 33.6 Å². The molecule has 5 rings (SSSR count). The molecule has 1 spiro atoms. The Morgan fingerprint density at radius 3 is 2.69 bits per heavy atom. The molecule has 3 aliphatic rings. The van der Waals surface area contributed by atoms with Crippen LogP contribution in [0.15, 0.2) is 47.6 Å². The number of sulfonamides is 1. The highest BCUT2D eigenvalue weighted by Crippen LogP contribution is 2.36. The van der Waals surface area contributed by atoms with Gasteiger partial charge in [0.1, 0.15) is 16.7 Å². The van der Waals surface area contributed by atoms with Gasteiger partial charge in [-0.25, -0.2) is 13.2 Å². The first kappa shape index (κ1) is 27.4. The van der Waals surface area contributed by atoms with Crippen LogP contribution < -0.4 is 15.4 Å². The zero-order chi connectivity index (χ0) is 27.8. The van der Waals surface area contributed by atoms with Crippen LogP contribution in [-0.2, 0) is 14.8 Å². The number of benzene rings is 1. The lowest BCUT2D eigenvalue weighted by Gasteiger charge is -2.43. The maximum Gasteiger partial charge on any atom is 0.321 e. The van der Waals surface area contributed by atoms with Crippen molar-refractivity contribution in [3.63, 3.8) is 0 Å². The number of aromatic nitrogens is 1. The Morgan fingerprint density at radius 2 is 2.00 bits per heavy atom. The van der Waals surface area contributed by atoms with Crippen LogP contribution >= 0.6 is 0 Å². The summed E-state index contributed by atoms with van der Waals surface area (Å²) in [5.41, 5.74) is 0.847. The van der Waals surface area contributed by atoms with Crippen molar-refractivity contribution < 1.29 is 27.9 Å². The second-order valence-corrected chi connectivity index (χ2v) is 12.7. The Morgan fingerprint density at radius 1 is 1.23 bits per heavy atom. The fourth-order valence-electron chi connectivity index (χ4n) is 5.54. The highest BCUT2D eigenvalue weighted by Gasteiger charge is 2.47. The average molecular weight is 558 g/mol. The maximum atomic E-state index is 13.7. The van der Waals surface area contributed by atoms with Crippen molar-refractivity contribution in [1.82, 2.24) is 19.5 Å². The summed E-state index contributed by atoms with van der Waals surface area (Å²) in [6.07, 6.45) is 3.66. The molecule has 0 saturated carbocycles. The third kappa shape index (κ3) is 5.59. The van der Waals surface area contributed by atoms with Crippen molar-refractivity contribution in [2.75, 3.05) is 31.6 Å². The van der Waals surface area contributed by atoms with E-state index in [9.17, 15) is 23.1 Å². The van der Waals surface area contributed by atoms with Gasteiger partial charge in [-0.05, 0) is 48.6 Å². The van der Waals surface area contributed by atoms with E-state index in [1.54, 1.807) is 41.6 Å². The molecule has 2 atom stereocenters. The molecular weight excluding hydrogens is 522 g/mol. The van der Waals surface area contributed by atoms with Crippen LogP contribution in [0, 0.1) is 0 Å². The van der Waals surface area contributed by atoms with Crippen LogP contribution in [-0.4, -0.2) is 83.6 Å².